The smallest absolute Gasteiger partial charge is 0.329 e. The van der Waals surface area contributed by atoms with Gasteiger partial charge < -0.3 is 26.2 Å². The first-order valence-electron chi connectivity index (χ1n) is 4.48. The molecule has 0 aromatic rings. The Morgan fingerprint density at radius 1 is 1.00 bits per heavy atom. The third kappa shape index (κ3) is 12.0. The highest BCUT2D eigenvalue weighted by Crippen LogP contribution is 2.26. The Kier molecular flexibility index (Phi) is 8.30. The van der Waals surface area contributed by atoms with Crippen LogP contribution in [0.5, 0.6) is 0 Å². The molecule has 0 saturated heterocycles. The summed E-state index contributed by atoms with van der Waals surface area (Å²) < 4.78 is 10.3. The predicted molar refractivity (Wildman–Crippen MR) is 54.8 cm³/mol. The van der Waals surface area contributed by atoms with Crippen molar-refractivity contribution in [1.82, 2.24) is 15.7 Å². The summed E-state index contributed by atoms with van der Waals surface area (Å²) in [6, 6.07) is 0. The van der Waals surface area contributed by atoms with Gasteiger partial charge in [0.2, 0.25) is 0 Å². The minimum Gasteiger partial charge on any atom is -0.329 e. The highest BCUT2D eigenvalue weighted by Gasteiger charge is 2.09. The van der Waals surface area contributed by atoms with E-state index in [0.717, 1.165) is 19.6 Å². The number of nitrogens with two attached hydrogens (primary N) is 1. The molecular weight excluding hydrogens is 207 g/mol. The second-order valence-electron chi connectivity index (χ2n) is 2.74. The van der Waals surface area contributed by atoms with Crippen molar-refractivity contribution in [3.05, 3.63) is 0 Å². The van der Waals surface area contributed by atoms with Gasteiger partial charge in [0, 0.05) is 39.3 Å². The van der Waals surface area contributed by atoms with Crippen LogP contribution in [0.2, 0.25) is 0 Å². The summed E-state index contributed by atoms with van der Waals surface area (Å²) in [4.78, 5) is 16.9. The summed E-state index contributed by atoms with van der Waals surface area (Å²) in [6.45, 7) is 3.72. The molecular formula is C6H19N4O3P. The summed E-state index contributed by atoms with van der Waals surface area (Å²) in [7, 11) is -4.05. The van der Waals surface area contributed by atoms with E-state index in [9.17, 15) is 4.57 Å². The normalized spacial score (nSPS) is 11.9. The zero-order valence-corrected chi connectivity index (χ0v) is 8.96. The predicted octanol–water partition coefficient (Wildman–Crippen LogP) is -2.19. The molecule has 0 aliphatic carbocycles. The van der Waals surface area contributed by atoms with E-state index >= 15 is 0 Å². The molecule has 0 fully saturated rings. The largest absolute Gasteiger partial charge is 0.400 e. The van der Waals surface area contributed by atoms with E-state index in [-0.39, 0.29) is 6.54 Å². The average Bonchev–Trinajstić information content (AvgIpc) is 2.08. The van der Waals surface area contributed by atoms with E-state index in [0.29, 0.717) is 13.1 Å². The number of rotatable bonds is 9. The van der Waals surface area contributed by atoms with Crippen LogP contribution in [0.15, 0.2) is 0 Å². The lowest BCUT2D eigenvalue weighted by Crippen LogP contribution is -2.33. The molecule has 0 saturated carbocycles. The lowest BCUT2D eigenvalue weighted by atomic mass is 10.5. The van der Waals surface area contributed by atoms with Crippen molar-refractivity contribution in [1.29, 1.82) is 0 Å². The van der Waals surface area contributed by atoms with Gasteiger partial charge in [-0.1, -0.05) is 0 Å². The van der Waals surface area contributed by atoms with Gasteiger partial charge in [-0.05, 0) is 0 Å². The average molecular weight is 226 g/mol. The van der Waals surface area contributed by atoms with Crippen molar-refractivity contribution in [3.63, 3.8) is 0 Å². The quantitative estimate of drug-likeness (QED) is 0.195. The van der Waals surface area contributed by atoms with Crippen molar-refractivity contribution in [2.24, 2.45) is 5.73 Å². The van der Waals surface area contributed by atoms with Gasteiger partial charge in [-0.15, -0.1) is 0 Å². The second kappa shape index (κ2) is 8.31. The minimum atomic E-state index is -4.05. The lowest BCUT2D eigenvalue weighted by molar-refractivity contribution is 0.357. The van der Waals surface area contributed by atoms with Gasteiger partial charge in [0.05, 0.1) is 0 Å². The Morgan fingerprint density at radius 3 is 2.00 bits per heavy atom. The van der Waals surface area contributed by atoms with E-state index in [2.05, 4.69) is 15.7 Å². The third-order valence-electron chi connectivity index (χ3n) is 1.42. The highest BCUT2D eigenvalue weighted by atomic mass is 31.2. The van der Waals surface area contributed by atoms with Crippen molar-refractivity contribution in [3.8, 4) is 0 Å². The standard InChI is InChI=1S/C6H19N4O3P/c7-1-2-8-3-4-9-5-6-10-14(11,12)13/h8-9H,1-7H2,(H3,10,11,12,13). The summed E-state index contributed by atoms with van der Waals surface area (Å²) in [5, 5.41) is 8.18. The fourth-order valence-electron chi connectivity index (χ4n) is 0.819. The van der Waals surface area contributed by atoms with Gasteiger partial charge in [0.1, 0.15) is 0 Å². The fraction of sp³-hybridized carbons (Fsp3) is 1.00. The van der Waals surface area contributed by atoms with Crippen LogP contribution in [0, 0.1) is 0 Å². The zero-order chi connectivity index (χ0) is 10.9. The van der Waals surface area contributed by atoms with Crippen molar-refractivity contribution in [2.45, 2.75) is 0 Å². The third-order valence-corrected chi connectivity index (χ3v) is 2.05. The summed E-state index contributed by atoms with van der Waals surface area (Å²) >= 11 is 0. The van der Waals surface area contributed by atoms with Gasteiger partial charge in [0.25, 0.3) is 0 Å². The first-order valence-corrected chi connectivity index (χ1v) is 6.09. The fourth-order valence-corrected chi connectivity index (χ4v) is 1.22. The molecule has 0 radical (unpaired) electrons. The Bertz CT molecular complexity index is 174. The van der Waals surface area contributed by atoms with E-state index in [1.807, 2.05) is 0 Å². The molecule has 14 heavy (non-hydrogen) atoms. The molecule has 7 nitrogen and oxygen atoms in total. The lowest BCUT2D eigenvalue weighted by Gasteiger charge is -2.07. The monoisotopic (exact) mass is 226 g/mol. The van der Waals surface area contributed by atoms with Gasteiger partial charge in [-0.3, -0.25) is 0 Å². The highest BCUT2D eigenvalue weighted by molar-refractivity contribution is 7.49. The van der Waals surface area contributed by atoms with E-state index < -0.39 is 7.75 Å². The maximum Gasteiger partial charge on any atom is 0.400 e. The summed E-state index contributed by atoms with van der Waals surface area (Å²) in [5.74, 6) is 0. The maximum absolute atomic E-state index is 10.3. The Morgan fingerprint density at radius 2 is 1.50 bits per heavy atom. The molecule has 0 aromatic heterocycles. The number of nitrogens with one attached hydrogen (secondary N) is 3. The van der Waals surface area contributed by atoms with E-state index in [1.54, 1.807) is 0 Å². The molecule has 0 aliphatic rings. The molecule has 0 rings (SSSR count). The summed E-state index contributed by atoms with van der Waals surface area (Å²) in [5.41, 5.74) is 5.26. The molecule has 0 spiro atoms. The van der Waals surface area contributed by atoms with Crippen LogP contribution < -0.4 is 21.5 Å². The molecule has 0 aromatic carbocycles. The SMILES string of the molecule is NCCNCCNCCNP(=O)(O)O. The Hall–Kier alpha value is -0.0100. The van der Waals surface area contributed by atoms with Crippen LogP contribution in [-0.2, 0) is 4.57 Å². The van der Waals surface area contributed by atoms with Crippen LogP contribution in [0.25, 0.3) is 0 Å². The molecule has 0 heterocycles. The first kappa shape index (κ1) is 14.0. The van der Waals surface area contributed by atoms with Crippen molar-refractivity contribution >= 4 is 7.75 Å². The van der Waals surface area contributed by atoms with Crippen LogP contribution in [-0.4, -0.2) is 49.1 Å². The van der Waals surface area contributed by atoms with E-state index in [1.165, 1.54) is 0 Å². The topological polar surface area (TPSA) is 120 Å². The van der Waals surface area contributed by atoms with Gasteiger partial charge in [0.15, 0.2) is 0 Å². The first-order chi connectivity index (χ1) is 6.56. The number of hydrogen-bond acceptors (Lipinski definition) is 4. The minimum absolute atomic E-state index is 0.251. The molecule has 0 aliphatic heterocycles. The zero-order valence-electron chi connectivity index (χ0n) is 8.07. The van der Waals surface area contributed by atoms with Gasteiger partial charge >= 0.3 is 7.75 Å². The molecule has 8 heteroatoms. The van der Waals surface area contributed by atoms with Crippen LogP contribution in [0.1, 0.15) is 0 Å². The molecule has 7 N–H and O–H groups in total. The van der Waals surface area contributed by atoms with Crippen molar-refractivity contribution in [2.75, 3.05) is 39.3 Å². The molecule has 0 bridgehead atoms. The maximum atomic E-state index is 10.3. The van der Waals surface area contributed by atoms with Gasteiger partial charge in [-0.2, -0.15) is 0 Å². The second-order valence-corrected chi connectivity index (χ2v) is 4.15. The van der Waals surface area contributed by atoms with Crippen LogP contribution >= 0.6 is 7.75 Å². The molecule has 0 atom stereocenters. The molecule has 0 unspecified atom stereocenters. The molecule has 0 amide bonds. The van der Waals surface area contributed by atoms with Crippen molar-refractivity contribution < 1.29 is 14.4 Å². The van der Waals surface area contributed by atoms with Gasteiger partial charge in [-0.25, -0.2) is 9.65 Å². The summed E-state index contributed by atoms with van der Waals surface area (Å²) in [6.07, 6.45) is 0. The Balaban J connectivity index is 3.03. The number of hydrogen-bond donors (Lipinski definition) is 6. The van der Waals surface area contributed by atoms with E-state index in [4.69, 9.17) is 15.5 Å². The molecule has 86 valence electrons. The Labute approximate surface area is 83.7 Å². The van der Waals surface area contributed by atoms with Crippen LogP contribution in [0.4, 0.5) is 0 Å². The van der Waals surface area contributed by atoms with Crippen LogP contribution in [0.3, 0.4) is 0 Å².